The van der Waals surface area contributed by atoms with E-state index < -0.39 is 21.9 Å². The van der Waals surface area contributed by atoms with Crippen molar-refractivity contribution in [3.63, 3.8) is 0 Å². The summed E-state index contributed by atoms with van der Waals surface area (Å²) in [6, 6.07) is 11.0. The van der Waals surface area contributed by atoms with Crippen LogP contribution >= 0.6 is 0 Å². The van der Waals surface area contributed by atoms with Gasteiger partial charge in [0.2, 0.25) is 0 Å². The van der Waals surface area contributed by atoms with E-state index in [1.165, 1.54) is 24.3 Å². The molecule has 0 aliphatic rings. The largest absolute Gasteiger partial charge is 0.293 e. The fraction of sp³-hybridized carbons (Fsp3) is 0.235. The summed E-state index contributed by atoms with van der Waals surface area (Å²) in [6.45, 7) is 5.44. The Hall–Kier alpha value is -1.81. The van der Waals surface area contributed by atoms with Crippen molar-refractivity contribution < 1.29 is 13.4 Å². The third-order valence-electron chi connectivity index (χ3n) is 3.38. The van der Waals surface area contributed by atoms with Crippen LogP contribution < -0.4 is 0 Å². The van der Waals surface area contributed by atoms with Gasteiger partial charge in [-0.2, -0.15) is 0 Å². The summed E-state index contributed by atoms with van der Waals surface area (Å²) in [5.74, 6) is -0.635. The number of hydrogen-bond donors (Lipinski definition) is 0. The third kappa shape index (κ3) is 3.45. The number of halogens is 1. The van der Waals surface area contributed by atoms with Gasteiger partial charge < -0.3 is 0 Å². The Bertz CT molecular complexity index is 692. The van der Waals surface area contributed by atoms with Crippen LogP contribution in [0.5, 0.6) is 0 Å². The Morgan fingerprint density at radius 3 is 2.33 bits per heavy atom. The summed E-state index contributed by atoms with van der Waals surface area (Å²) in [4.78, 5) is 13.0. The molecule has 0 aliphatic carbocycles. The lowest BCUT2D eigenvalue weighted by molar-refractivity contribution is 0.0992. The van der Waals surface area contributed by atoms with Gasteiger partial charge in [-0.15, -0.1) is 0 Å². The van der Waals surface area contributed by atoms with E-state index in [0.29, 0.717) is 10.5 Å². The molecule has 4 heteroatoms. The van der Waals surface area contributed by atoms with Crippen molar-refractivity contribution in [1.29, 1.82) is 0 Å². The van der Waals surface area contributed by atoms with Gasteiger partial charge >= 0.3 is 0 Å². The zero-order chi connectivity index (χ0) is 15.6. The van der Waals surface area contributed by atoms with E-state index >= 15 is 0 Å². The molecule has 0 aromatic heterocycles. The molecule has 0 spiro atoms. The van der Waals surface area contributed by atoms with Gasteiger partial charge in [0.15, 0.2) is 5.78 Å². The maximum absolute atomic E-state index is 12.9. The van der Waals surface area contributed by atoms with Gasteiger partial charge in [0.05, 0.1) is 16.0 Å². The summed E-state index contributed by atoms with van der Waals surface area (Å²) < 4.78 is 25.5. The van der Waals surface area contributed by atoms with Crippen molar-refractivity contribution in [2.24, 2.45) is 0 Å². The van der Waals surface area contributed by atoms with Crippen molar-refractivity contribution in [2.45, 2.75) is 30.9 Å². The van der Waals surface area contributed by atoms with Crippen LogP contribution in [0.2, 0.25) is 0 Å². The predicted octanol–water partition coefficient (Wildman–Crippen LogP) is 3.82. The van der Waals surface area contributed by atoms with E-state index in [9.17, 15) is 13.4 Å². The van der Waals surface area contributed by atoms with Crippen molar-refractivity contribution >= 4 is 16.6 Å². The second kappa shape index (κ2) is 6.31. The molecule has 0 aliphatic heterocycles. The van der Waals surface area contributed by atoms with Crippen LogP contribution in [0.25, 0.3) is 0 Å². The molecule has 2 atom stereocenters. The van der Waals surface area contributed by atoms with Crippen LogP contribution in [0.15, 0.2) is 47.4 Å². The average molecular weight is 304 g/mol. The molecule has 21 heavy (non-hydrogen) atoms. The first-order valence-electron chi connectivity index (χ1n) is 6.68. The first kappa shape index (κ1) is 15.6. The molecule has 2 aromatic rings. The third-order valence-corrected chi connectivity index (χ3v) is 5.11. The fourth-order valence-corrected chi connectivity index (χ4v) is 3.46. The van der Waals surface area contributed by atoms with Crippen molar-refractivity contribution in [3.05, 3.63) is 65.0 Å². The fourth-order valence-electron chi connectivity index (χ4n) is 2.06. The average Bonchev–Trinajstić information content (AvgIpc) is 2.48. The molecule has 0 bridgehead atoms. The monoisotopic (exact) mass is 304 g/mol. The van der Waals surface area contributed by atoms with Gasteiger partial charge in [0.1, 0.15) is 5.82 Å². The molecule has 110 valence electrons. The summed E-state index contributed by atoms with van der Waals surface area (Å²) >= 11 is 0. The summed E-state index contributed by atoms with van der Waals surface area (Å²) in [5, 5.41) is -0.670. The predicted molar refractivity (Wildman–Crippen MR) is 82.5 cm³/mol. The number of rotatable bonds is 4. The minimum Gasteiger partial charge on any atom is -0.293 e. The van der Waals surface area contributed by atoms with Crippen LogP contribution in [0.1, 0.15) is 28.4 Å². The maximum atomic E-state index is 12.9. The topological polar surface area (TPSA) is 34.1 Å². The summed E-state index contributed by atoms with van der Waals surface area (Å²) in [6.07, 6.45) is 0. The highest BCUT2D eigenvalue weighted by atomic mass is 32.2. The molecular formula is C17H17FO2S. The lowest BCUT2D eigenvalue weighted by Gasteiger charge is -2.13. The standard InChI is InChI=1S/C17H17FO2S/c1-11-4-5-12(2)16(10-11)21(20)13(3)17(19)14-6-8-15(18)9-7-14/h4-10,13H,1-3H3. The molecule has 2 unspecified atom stereocenters. The van der Waals surface area contributed by atoms with Crippen LogP contribution in [0.3, 0.4) is 0 Å². The lowest BCUT2D eigenvalue weighted by atomic mass is 10.1. The smallest absolute Gasteiger partial charge is 0.178 e. The van der Waals surface area contributed by atoms with Crippen LogP contribution in [-0.2, 0) is 10.8 Å². The molecule has 2 rings (SSSR count). The van der Waals surface area contributed by atoms with Gasteiger partial charge in [-0.1, -0.05) is 12.1 Å². The van der Waals surface area contributed by atoms with Crippen molar-refractivity contribution in [1.82, 2.24) is 0 Å². The second-order valence-electron chi connectivity index (χ2n) is 5.08. The molecule has 0 saturated carbocycles. The zero-order valence-corrected chi connectivity index (χ0v) is 13.0. The van der Waals surface area contributed by atoms with Gasteiger partial charge in [-0.05, 0) is 62.2 Å². The number of Topliss-reactive ketones (excluding diaryl/α,β-unsaturated/α-hetero) is 1. The van der Waals surface area contributed by atoms with Crippen LogP contribution in [-0.4, -0.2) is 15.2 Å². The number of hydrogen-bond acceptors (Lipinski definition) is 2. The molecule has 0 fully saturated rings. The van der Waals surface area contributed by atoms with E-state index in [2.05, 4.69) is 0 Å². The van der Waals surface area contributed by atoms with Gasteiger partial charge in [-0.3, -0.25) is 9.00 Å². The number of ketones is 1. The highest BCUT2D eigenvalue weighted by molar-refractivity contribution is 7.86. The SMILES string of the molecule is Cc1ccc(C)c(S(=O)C(C)C(=O)c2ccc(F)cc2)c1. The zero-order valence-electron chi connectivity index (χ0n) is 12.2. The first-order chi connectivity index (χ1) is 9.90. The first-order valence-corrected chi connectivity index (χ1v) is 7.89. The Morgan fingerprint density at radius 1 is 1.10 bits per heavy atom. The lowest BCUT2D eigenvalue weighted by Crippen LogP contribution is -2.23. The number of carbonyl (C=O) groups is 1. The van der Waals surface area contributed by atoms with E-state index in [0.717, 1.165) is 11.1 Å². The molecule has 2 aromatic carbocycles. The quantitative estimate of drug-likeness (QED) is 0.805. The Labute approximate surface area is 126 Å². The Morgan fingerprint density at radius 2 is 1.71 bits per heavy atom. The highest BCUT2D eigenvalue weighted by Gasteiger charge is 2.23. The highest BCUT2D eigenvalue weighted by Crippen LogP contribution is 2.20. The summed E-state index contributed by atoms with van der Waals surface area (Å²) in [7, 11) is -1.43. The molecule has 0 saturated heterocycles. The molecule has 0 amide bonds. The molecule has 0 radical (unpaired) electrons. The Balaban J connectivity index is 2.28. The molecular weight excluding hydrogens is 287 g/mol. The van der Waals surface area contributed by atoms with Crippen LogP contribution in [0.4, 0.5) is 4.39 Å². The van der Waals surface area contributed by atoms with E-state index in [-0.39, 0.29) is 5.78 Å². The van der Waals surface area contributed by atoms with Crippen molar-refractivity contribution in [2.75, 3.05) is 0 Å². The van der Waals surface area contributed by atoms with Gasteiger partial charge in [-0.25, -0.2) is 4.39 Å². The van der Waals surface area contributed by atoms with Crippen LogP contribution in [0, 0.1) is 19.7 Å². The normalized spacial score (nSPS) is 13.7. The van der Waals surface area contributed by atoms with Gasteiger partial charge in [0.25, 0.3) is 0 Å². The van der Waals surface area contributed by atoms with Crippen molar-refractivity contribution in [3.8, 4) is 0 Å². The minimum absolute atomic E-state index is 0.241. The molecule has 2 nitrogen and oxygen atoms in total. The second-order valence-corrected chi connectivity index (χ2v) is 6.82. The number of benzene rings is 2. The van der Waals surface area contributed by atoms with Gasteiger partial charge in [0, 0.05) is 10.5 Å². The maximum Gasteiger partial charge on any atom is 0.178 e. The number of aryl methyl sites for hydroxylation is 2. The molecule has 0 N–H and O–H groups in total. The molecule has 0 heterocycles. The summed E-state index contributed by atoms with van der Waals surface area (Å²) in [5.41, 5.74) is 2.28. The Kier molecular flexibility index (Phi) is 4.68. The van der Waals surface area contributed by atoms with E-state index in [1.54, 1.807) is 6.92 Å². The minimum atomic E-state index is -1.43. The van der Waals surface area contributed by atoms with E-state index in [1.807, 2.05) is 32.0 Å². The number of carbonyl (C=O) groups excluding carboxylic acids is 1. The van der Waals surface area contributed by atoms with E-state index in [4.69, 9.17) is 0 Å².